The number of hydrogen-bond donors (Lipinski definition) is 1. The van der Waals surface area contributed by atoms with Gasteiger partial charge in [0.05, 0.1) is 6.26 Å². The van der Waals surface area contributed by atoms with E-state index in [0.717, 1.165) is 31.8 Å². The smallest absolute Gasteiger partial charge is 0.138 e. The Morgan fingerprint density at radius 3 is 3.24 bits per heavy atom. The van der Waals surface area contributed by atoms with Gasteiger partial charge in [-0.15, -0.1) is 0 Å². The predicted octanol–water partition coefficient (Wildman–Crippen LogP) is 2.23. The van der Waals surface area contributed by atoms with Crippen molar-refractivity contribution in [1.29, 1.82) is 0 Å². The lowest BCUT2D eigenvalue weighted by atomic mass is 10.1. The average molecular weight is 230 g/mol. The first kappa shape index (κ1) is 10.8. The lowest BCUT2D eigenvalue weighted by molar-refractivity contribution is 0.166. The largest absolute Gasteiger partial charge is 0.464 e. The van der Waals surface area contributed by atoms with Crippen LogP contribution in [-0.4, -0.2) is 30.6 Å². The minimum Gasteiger partial charge on any atom is -0.464 e. The minimum atomic E-state index is 0.592. The first-order chi connectivity index (χ1) is 8.34. The van der Waals surface area contributed by atoms with Crippen LogP contribution in [-0.2, 0) is 6.54 Å². The number of fused-ring (bicyclic) bond motifs is 1. The van der Waals surface area contributed by atoms with Crippen LogP contribution >= 0.6 is 0 Å². The zero-order valence-electron chi connectivity index (χ0n) is 10.1. The zero-order valence-corrected chi connectivity index (χ0v) is 10.1. The van der Waals surface area contributed by atoms with Crippen LogP contribution < -0.4 is 5.32 Å². The second-order valence-electron chi connectivity index (χ2n) is 4.78. The third-order valence-electron chi connectivity index (χ3n) is 3.57. The molecule has 1 saturated heterocycles. The van der Waals surface area contributed by atoms with Gasteiger partial charge in [-0.25, -0.2) is 0 Å². The molecule has 3 rings (SSSR count). The summed E-state index contributed by atoms with van der Waals surface area (Å²) < 4.78 is 5.58. The summed E-state index contributed by atoms with van der Waals surface area (Å²) in [7, 11) is 0. The summed E-state index contributed by atoms with van der Waals surface area (Å²) in [5, 5.41) is 4.62. The first-order valence-electron chi connectivity index (χ1n) is 6.24. The van der Waals surface area contributed by atoms with Gasteiger partial charge >= 0.3 is 0 Å². The number of para-hydroxylation sites is 1. The van der Waals surface area contributed by atoms with Crippen LogP contribution in [0.5, 0.6) is 0 Å². The molecule has 17 heavy (non-hydrogen) atoms. The summed E-state index contributed by atoms with van der Waals surface area (Å²) in [6, 6.07) is 9.00. The molecule has 1 N–H and O–H groups in total. The second-order valence-corrected chi connectivity index (χ2v) is 4.78. The van der Waals surface area contributed by atoms with E-state index in [2.05, 4.69) is 35.3 Å². The van der Waals surface area contributed by atoms with Crippen molar-refractivity contribution in [2.75, 3.05) is 19.6 Å². The first-order valence-corrected chi connectivity index (χ1v) is 6.24. The van der Waals surface area contributed by atoms with E-state index in [1.165, 1.54) is 10.9 Å². The molecule has 1 fully saturated rings. The highest BCUT2D eigenvalue weighted by Crippen LogP contribution is 2.22. The summed E-state index contributed by atoms with van der Waals surface area (Å²) in [4.78, 5) is 2.51. The van der Waals surface area contributed by atoms with Gasteiger partial charge in [-0.05, 0) is 13.0 Å². The third kappa shape index (κ3) is 2.08. The number of nitrogens with one attached hydrogen (secondary N) is 1. The Hall–Kier alpha value is -1.32. The minimum absolute atomic E-state index is 0.592. The molecule has 3 heteroatoms. The Labute approximate surface area is 101 Å². The highest BCUT2D eigenvalue weighted by Gasteiger charge is 2.18. The maximum Gasteiger partial charge on any atom is 0.138 e. The van der Waals surface area contributed by atoms with Gasteiger partial charge < -0.3 is 9.73 Å². The summed E-state index contributed by atoms with van der Waals surface area (Å²) in [5.41, 5.74) is 2.33. The molecule has 1 atom stereocenters. The van der Waals surface area contributed by atoms with Crippen molar-refractivity contribution in [1.82, 2.24) is 10.2 Å². The van der Waals surface area contributed by atoms with Crippen molar-refractivity contribution in [2.45, 2.75) is 19.5 Å². The number of furan rings is 1. The van der Waals surface area contributed by atoms with Gasteiger partial charge in [0.25, 0.3) is 0 Å². The van der Waals surface area contributed by atoms with Gasteiger partial charge in [-0.1, -0.05) is 18.2 Å². The molecule has 1 aliphatic heterocycles. The van der Waals surface area contributed by atoms with E-state index in [-0.39, 0.29) is 0 Å². The fourth-order valence-electron chi connectivity index (χ4n) is 2.52. The van der Waals surface area contributed by atoms with E-state index >= 15 is 0 Å². The molecule has 2 aromatic rings. The maximum absolute atomic E-state index is 5.58. The molecule has 1 aliphatic rings. The highest BCUT2D eigenvalue weighted by molar-refractivity contribution is 5.80. The molecule has 0 spiro atoms. The summed E-state index contributed by atoms with van der Waals surface area (Å²) in [6.07, 6.45) is 1.77. The van der Waals surface area contributed by atoms with Crippen LogP contribution in [0.2, 0.25) is 0 Å². The fourth-order valence-corrected chi connectivity index (χ4v) is 2.52. The van der Waals surface area contributed by atoms with E-state index in [1.54, 1.807) is 6.26 Å². The van der Waals surface area contributed by atoms with E-state index in [1.807, 2.05) is 6.07 Å². The Morgan fingerprint density at radius 1 is 1.41 bits per heavy atom. The van der Waals surface area contributed by atoms with Gasteiger partial charge in [-0.3, -0.25) is 4.90 Å². The van der Waals surface area contributed by atoms with Gasteiger partial charge in [0.15, 0.2) is 0 Å². The Morgan fingerprint density at radius 2 is 2.35 bits per heavy atom. The van der Waals surface area contributed by atoms with Crippen molar-refractivity contribution in [3.63, 3.8) is 0 Å². The number of rotatable bonds is 2. The molecule has 0 bridgehead atoms. The lowest BCUT2D eigenvalue weighted by Gasteiger charge is -2.33. The second kappa shape index (κ2) is 4.51. The van der Waals surface area contributed by atoms with Crippen molar-refractivity contribution in [3.05, 3.63) is 36.1 Å². The van der Waals surface area contributed by atoms with Gasteiger partial charge in [0, 0.05) is 43.2 Å². The number of nitrogens with zero attached hydrogens (tertiary/aromatic N) is 1. The quantitative estimate of drug-likeness (QED) is 0.857. The average Bonchev–Trinajstić information content (AvgIpc) is 2.81. The molecule has 1 aromatic heterocycles. The van der Waals surface area contributed by atoms with Gasteiger partial charge in [-0.2, -0.15) is 0 Å². The van der Waals surface area contributed by atoms with Gasteiger partial charge in [0.1, 0.15) is 5.58 Å². The number of hydrogen-bond acceptors (Lipinski definition) is 3. The molecular weight excluding hydrogens is 212 g/mol. The molecule has 2 heterocycles. The monoisotopic (exact) mass is 230 g/mol. The Bertz CT molecular complexity index is 506. The maximum atomic E-state index is 5.58. The molecule has 3 nitrogen and oxygen atoms in total. The van der Waals surface area contributed by atoms with Crippen molar-refractivity contribution < 1.29 is 4.42 Å². The Kier molecular flexibility index (Phi) is 2.87. The fraction of sp³-hybridized carbons (Fsp3) is 0.429. The van der Waals surface area contributed by atoms with Crippen LogP contribution in [0.3, 0.4) is 0 Å². The van der Waals surface area contributed by atoms with E-state index in [0.29, 0.717) is 6.04 Å². The normalized spacial score (nSPS) is 22.1. The Balaban J connectivity index is 1.86. The molecular formula is C14H18N2O. The molecule has 0 saturated carbocycles. The van der Waals surface area contributed by atoms with E-state index < -0.39 is 0 Å². The van der Waals surface area contributed by atoms with Crippen molar-refractivity contribution >= 4 is 11.0 Å². The van der Waals surface area contributed by atoms with Crippen LogP contribution in [0.25, 0.3) is 11.0 Å². The molecule has 0 amide bonds. The molecule has 90 valence electrons. The van der Waals surface area contributed by atoms with Crippen LogP contribution in [0, 0.1) is 0 Å². The topological polar surface area (TPSA) is 28.4 Å². The molecule has 1 aromatic carbocycles. The lowest BCUT2D eigenvalue weighted by Crippen LogP contribution is -2.49. The molecule has 0 radical (unpaired) electrons. The van der Waals surface area contributed by atoms with E-state index in [9.17, 15) is 0 Å². The van der Waals surface area contributed by atoms with Crippen molar-refractivity contribution in [3.8, 4) is 0 Å². The van der Waals surface area contributed by atoms with Crippen LogP contribution in [0.1, 0.15) is 12.5 Å². The summed E-state index contributed by atoms with van der Waals surface area (Å²) >= 11 is 0. The standard InChI is InChI=1S/C14H18N2O/c1-11-9-15-6-7-16(11)10-13-4-2-3-12-5-8-17-14(12)13/h2-5,8,11,15H,6-7,9-10H2,1H3. The van der Waals surface area contributed by atoms with Crippen molar-refractivity contribution in [2.24, 2.45) is 0 Å². The third-order valence-corrected chi connectivity index (χ3v) is 3.57. The zero-order chi connectivity index (χ0) is 11.7. The van der Waals surface area contributed by atoms with Crippen LogP contribution in [0.15, 0.2) is 34.9 Å². The summed E-state index contributed by atoms with van der Waals surface area (Å²) in [5.74, 6) is 0. The van der Waals surface area contributed by atoms with E-state index in [4.69, 9.17) is 4.42 Å². The van der Waals surface area contributed by atoms with Gasteiger partial charge in [0.2, 0.25) is 0 Å². The predicted molar refractivity (Wildman–Crippen MR) is 69.0 cm³/mol. The molecule has 0 aliphatic carbocycles. The molecule has 1 unspecified atom stereocenters. The SMILES string of the molecule is CC1CNCCN1Cc1cccc2ccoc12. The number of piperazine rings is 1. The summed E-state index contributed by atoms with van der Waals surface area (Å²) in [6.45, 7) is 6.52. The van der Waals surface area contributed by atoms with Crippen LogP contribution in [0.4, 0.5) is 0 Å². The highest BCUT2D eigenvalue weighted by atomic mass is 16.3. The number of benzene rings is 1.